The highest BCUT2D eigenvalue weighted by molar-refractivity contribution is 6.51. The lowest BCUT2D eigenvalue weighted by Gasteiger charge is -2.24. The number of halogens is 4. The number of ketones is 1. The lowest BCUT2D eigenvalue weighted by atomic mass is 9.98. The van der Waals surface area contributed by atoms with Crippen molar-refractivity contribution >= 4 is 23.1 Å². The molecular weight excluding hydrogens is 444 g/mol. The van der Waals surface area contributed by atoms with Gasteiger partial charge in [-0.1, -0.05) is 6.07 Å². The van der Waals surface area contributed by atoms with E-state index < -0.39 is 41.4 Å². The summed E-state index contributed by atoms with van der Waals surface area (Å²) in [5, 5.41) is 10.9. The number of carbonyl (C=O) groups is 2. The third-order valence-corrected chi connectivity index (χ3v) is 4.88. The first-order valence-electron chi connectivity index (χ1n) is 9.49. The Labute approximate surface area is 184 Å². The van der Waals surface area contributed by atoms with Crippen LogP contribution >= 0.6 is 0 Å². The van der Waals surface area contributed by atoms with E-state index in [1.54, 1.807) is 12.1 Å². The molecule has 1 aliphatic heterocycles. The van der Waals surface area contributed by atoms with E-state index in [1.807, 2.05) is 0 Å². The molecule has 4 rings (SSSR count). The minimum Gasteiger partial charge on any atom is -0.507 e. The van der Waals surface area contributed by atoms with Crippen molar-refractivity contribution in [2.75, 3.05) is 4.90 Å². The number of aliphatic hydroxyl groups is 1. The third-order valence-electron chi connectivity index (χ3n) is 4.88. The van der Waals surface area contributed by atoms with Crippen LogP contribution in [-0.4, -0.2) is 28.1 Å². The Bertz CT molecular complexity index is 1220. The molecule has 33 heavy (non-hydrogen) atoms. The largest absolute Gasteiger partial charge is 0.573 e. The Balaban J connectivity index is 1.83. The van der Waals surface area contributed by atoms with Crippen molar-refractivity contribution in [2.45, 2.75) is 12.4 Å². The van der Waals surface area contributed by atoms with Gasteiger partial charge in [0, 0.05) is 17.4 Å². The number of benzene rings is 2. The van der Waals surface area contributed by atoms with Gasteiger partial charge in [-0.05, 0) is 60.7 Å². The SMILES string of the molecule is O=C1C(=O)N(c2ccc(OC(F)(F)F)cc2)C(c2ccccn2)/C1=C(/O)c1ccc(F)cc1. The molecule has 1 aromatic heterocycles. The Morgan fingerprint density at radius 2 is 1.64 bits per heavy atom. The molecule has 2 aromatic carbocycles. The average molecular weight is 458 g/mol. The van der Waals surface area contributed by atoms with Gasteiger partial charge >= 0.3 is 6.36 Å². The predicted octanol–water partition coefficient (Wildman–Crippen LogP) is 4.75. The summed E-state index contributed by atoms with van der Waals surface area (Å²) in [6, 6.07) is 12.6. The number of anilines is 1. The van der Waals surface area contributed by atoms with Crippen molar-refractivity contribution in [3.8, 4) is 5.75 Å². The normalized spacial score (nSPS) is 17.9. The summed E-state index contributed by atoms with van der Waals surface area (Å²) in [4.78, 5) is 31.1. The number of pyridine rings is 1. The molecule has 1 fully saturated rings. The van der Waals surface area contributed by atoms with Crippen molar-refractivity contribution < 1.29 is 37.0 Å². The molecule has 3 aromatic rings. The molecule has 1 amide bonds. The van der Waals surface area contributed by atoms with Crippen LogP contribution in [0.4, 0.5) is 23.2 Å². The van der Waals surface area contributed by atoms with Gasteiger partial charge in [-0.15, -0.1) is 13.2 Å². The number of alkyl halides is 3. The smallest absolute Gasteiger partial charge is 0.507 e. The Morgan fingerprint density at radius 3 is 2.21 bits per heavy atom. The van der Waals surface area contributed by atoms with Crippen molar-refractivity contribution in [1.82, 2.24) is 4.98 Å². The first-order valence-corrected chi connectivity index (χ1v) is 9.49. The van der Waals surface area contributed by atoms with Crippen LogP contribution < -0.4 is 9.64 Å². The molecular formula is C23H14F4N2O4. The summed E-state index contributed by atoms with van der Waals surface area (Å²) in [6.45, 7) is 0. The molecule has 0 radical (unpaired) electrons. The van der Waals surface area contributed by atoms with Gasteiger partial charge < -0.3 is 9.84 Å². The van der Waals surface area contributed by atoms with Gasteiger partial charge in [0.15, 0.2) is 0 Å². The van der Waals surface area contributed by atoms with Gasteiger partial charge in [0.1, 0.15) is 23.4 Å². The standard InChI is InChI=1S/C23H14F4N2O4/c24-14-6-4-13(5-7-14)20(30)18-19(17-3-1-2-12-28-17)29(22(32)21(18)31)15-8-10-16(11-9-15)33-23(25,26)27/h1-12,19,30H/b20-18-. The maximum atomic E-state index is 13.3. The van der Waals surface area contributed by atoms with Crippen LogP contribution in [0, 0.1) is 5.82 Å². The maximum absolute atomic E-state index is 13.3. The Morgan fingerprint density at radius 1 is 0.970 bits per heavy atom. The minimum atomic E-state index is -4.89. The first-order chi connectivity index (χ1) is 15.7. The van der Waals surface area contributed by atoms with Crippen LogP contribution in [-0.2, 0) is 9.59 Å². The molecule has 0 bridgehead atoms. The zero-order chi connectivity index (χ0) is 23.8. The second-order valence-corrected chi connectivity index (χ2v) is 6.97. The zero-order valence-electron chi connectivity index (χ0n) is 16.6. The van der Waals surface area contributed by atoms with Gasteiger partial charge in [0.05, 0.1) is 11.3 Å². The van der Waals surface area contributed by atoms with Crippen molar-refractivity contribution in [1.29, 1.82) is 0 Å². The first kappa shape index (κ1) is 22.0. The molecule has 0 spiro atoms. The predicted molar refractivity (Wildman–Crippen MR) is 109 cm³/mol. The number of amides is 1. The summed E-state index contributed by atoms with van der Waals surface area (Å²) in [5.74, 6) is -3.65. The van der Waals surface area contributed by atoms with Gasteiger partial charge in [0.25, 0.3) is 11.7 Å². The topological polar surface area (TPSA) is 79.7 Å². The third kappa shape index (κ3) is 4.40. The van der Waals surface area contributed by atoms with E-state index in [9.17, 15) is 32.3 Å². The van der Waals surface area contributed by atoms with Crippen LogP contribution in [0.3, 0.4) is 0 Å². The quantitative estimate of drug-likeness (QED) is 0.264. The van der Waals surface area contributed by atoms with Gasteiger partial charge in [-0.3, -0.25) is 19.5 Å². The van der Waals surface area contributed by atoms with Crippen LogP contribution in [0.15, 0.2) is 78.5 Å². The molecule has 1 saturated heterocycles. The van der Waals surface area contributed by atoms with E-state index in [-0.39, 0.29) is 22.5 Å². The van der Waals surface area contributed by atoms with Gasteiger partial charge in [0.2, 0.25) is 0 Å². The minimum absolute atomic E-state index is 0.0837. The summed E-state index contributed by atoms with van der Waals surface area (Å²) in [5.41, 5.74) is 0.126. The van der Waals surface area contributed by atoms with Crippen molar-refractivity contribution in [2.24, 2.45) is 0 Å². The molecule has 10 heteroatoms. The number of Topliss-reactive ketones (excluding diaryl/α,β-unsaturated/α-hetero) is 1. The number of hydrogen-bond donors (Lipinski definition) is 1. The van der Waals surface area contributed by atoms with Crippen LogP contribution in [0.5, 0.6) is 5.75 Å². The highest BCUT2D eigenvalue weighted by Crippen LogP contribution is 2.42. The number of carbonyl (C=O) groups excluding carboxylic acids is 2. The van der Waals surface area contributed by atoms with E-state index in [4.69, 9.17) is 0 Å². The van der Waals surface area contributed by atoms with Crippen LogP contribution in [0.1, 0.15) is 17.3 Å². The molecule has 1 N–H and O–H groups in total. The molecule has 168 valence electrons. The lowest BCUT2D eigenvalue weighted by Crippen LogP contribution is -2.29. The number of nitrogens with zero attached hydrogens (tertiary/aromatic N) is 2. The Hall–Kier alpha value is -4.21. The number of aliphatic hydroxyl groups excluding tert-OH is 1. The molecule has 0 aliphatic carbocycles. The number of ether oxygens (including phenoxy) is 1. The maximum Gasteiger partial charge on any atom is 0.573 e. The summed E-state index contributed by atoms with van der Waals surface area (Å²) in [6.07, 6.45) is -3.47. The fraction of sp³-hybridized carbons (Fsp3) is 0.0870. The van der Waals surface area contributed by atoms with Gasteiger partial charge in [-0.25, -0.2) is 4.39 Å². The molecule has 1 atom stereocenters. The number of hydrogen-bond acceptors (Lipinski definition) is 5. The lowest BCUT2D eigenvalue weighted by molar-refractivity contribution is -0.274. The van der Waals surface area contributed by atoms with E-state index in [0.717, 1.165) is 29.2 Å². The highest BCUT2D eigenvalue weighted by Gasteiger charge is 2.47. The second-order valence-electron chi connectivity index (χ2n) is 6.97. The molecule has 1 aliphatic rings. The van der Waals surface area contributed by atoms with E-state index in [2.05, 4.69) is 9.72 Å². The van der Waals surface area contributed by atoms with Crippen LogP contribution in [0.2, 0.25) is 0 Å². The highest BCUT2D eigenvalue weighted by atomic mass is 19.4. The van der Waals surface area contributed by atoms with Crippen molar-refractivity contribution in [3.63, 3.8) is 0 Å². The number of aromatic nitrogens is 1. The van der Waals surface area contributed by atoms with Crippen LogP contribution in [0.25, 0.3) is 5.76 Å². The van der Waals surface area contributed by atoms with E-state index in [0.29, 0.717) is 0 Å². The fourth-order valence-corrected chi connectivity index (χ4v) is 3.49. The molecule has 6 nitrogen and oxygen atoms in total. The molecule has 1 unspecified atom stereocenters. The summed E-state index contributed by atoms with van der Waals surface area (Å²) >= 11 is 0. The summed E-state index contributed by atoms with van der Waals surface area (Å²) in [7, 11) is 0. The number of rotatable bonds is 4. The fourth-order valence-electron chi connectivity index (χ4n) is 3.49. The monoisotopic (exact) mass is 458 g/mol. The van der Waals surface area contributed by atoms with E-state index in [1.165, 1.54) is 36.5 Å². The molecule has 0 saturated carbocycles. The van der Waals surface area contributed by atoms with Gasteiger partial charge in [-0.2, -0.15) is 0 Å². The van der Waals surface area contributed by atoms with E-state index >= 15 is 0 Å². The second kappa shape index (κ2) is 8.38. The summed E-state index contributed by atoms with van der Waals surface area (Å²) < 4.78 is 54.6. The van der Waals surface area contributed by atoms with Crippen molar-refractivity contribution in [3.05, 3.63) is 95.6 Å². The zero-order valence-corrected chi connectivity index (χ0v) is 16.6. The average Bonchev–Trinajstić information content (AvgIpc) is 3.04. The Kier molecular flexibility index (Phi) is 5.59. The molecule has 2 heterocycles.